The number of hydrogen-bond donors (Lipinski definition) is 1. The molecule has 1 aliphatic carbocycles. The zero-order valence-electron chi connectivity index (χ0n) is 12.7. The van der Waals surface area contributed by atoms with Gasteiger partial charge in [0, 0.05) is 6.04 Å². The average molecular weight is 261 g/mol. The molecule has 1 fully saturated rings. The molecule has 2 nitrogen and oxygen atoms in total. The Bertz CT molecular complexity index is 416. The van der Waals surface area contributed by atoms with E-state index in [9.17, 15) is 0 Å². The van der Waals surface area contributed by atoms with Crippen molar-refractivity contribution < 1.29 is 4.74 Å². The number of ether oxygens (including phenoxy) is 1. The standard InChI is InChI=1S/C17H27NO/c1-5-18-15-9-7-13(3)11-17(15)19-16-10-12(2)6-8-14(16)4/h6,8,10,13,15,17-18H,5,7,9,11H2,1-4H3. The maximum Gasteiger partial charge on any atom is 0.122 e. The number of hydrogen-bond acceptors (Lipinski definition) is 2. The van der Waals surface area contributed by atoms with E-state index in [-0.39, 0.29) is 0 Å². The summed E-state index contributed by atoms with van der Waals surface area (Å²) in [5.74, 6) is 1.83. The highest BCUT2D eigenvalue weighted by molar-refractivity contribution is 5.36. The monoisotopic (exact) mass is 261 g/mol. The number of likely N-dealkylation sites (N-methyl/N-ethyl adjacent to an activating group) is 1. The summed E-state index contributed by atoms with van der Waals surface area (Å²) < 4.78 is 6.34. The minimum Gasteiger partial charge on any atom is -0.489 e. The van der Waals surface area contributed by atoms with E-state index in [1.54, 1.807) is 0 Å². The van der Waals surface area contributed by atoms with Gasteiger partial charge in [0.1, 0.15) is 11.9 Å². The lowest BCUT2D eigenvalue weighted by atomic mass is 9.85. The van der Waals surface area contributed by atoms with Crippen LogP contribution in [0.5, 0.6) is 5.75 Å². The second-order valence-corrected chi connectivity index (χ2v) is 6.01. The summed E-state index contributed by atoms with van der Waals surface area (Å²) in [5, 5.41) is 3.58. The molecule has 0 amide bonds. The van der Waals surface area contributed by atoms with Gasteiger partial charge in [-0.3, -0.25) is 0 Å². The Labute approximate surface area is 117 Å². The number of nitrogens with one attached hydrogen (secondary N) is 1. The summed E-state index contributed by atoms with van der Waals surface area (Å²) in [7, 11) is 0. The summed E-state index contributed by atoms with van der Waals surface area (Å²) in [5.41, 5.74) is 2.50. The molecule has 106 valence electrons. The van der Waals surface area contributed by atoms with Crippen LogP contribution in [0.1, 0.15) is 44.2 Å². The van der Waals surface area contributed by atoms with E-state index in [0.29, 0.717) is 12.1 Å². The first-order valence-electron chi connectivity index (χ1n) is 7.57. The van der Waals surface area contributed by atoms with Crippen molar-refractivity contribution in [3.63, 3.8) is 0 Å². The molecule has 1 aliphatic rings. The maximum atomic E-state index is 6.34. The van der Waals surface area contributed by atoms with Gasteiger partial charge >= 0.3 is 0 Å². The largest absolute Gasteiger partial charge is 0.489 e. The van der Waals surface area contributed by atoms with Crippen molar-refractivity contribution in [2.24, 2.45) is 5.92 Å². The van der Waals surface area contributed by atoms with Crippen molar-refractivity contribution >= 4 is 0 Å². The van der Waals surface area contributed by atoms with Crippen LogP contribution in [0.25, 0.3) is 0 Å². The molecule has 2 rings (SSSR count). The quantitative estimate of drug-likeness (QED) is 0.889. The van der Waals surface area contributed by atoms with Gasteiger partial charge in [0.05, 0.1) is 0 Å². The predicted octanol–water partition coefficient (Wildman–Crippen LogP) is 3.85. The Morgan fingerprint density at radius 1 is 1.26 bits per heavy atom. The van der Waals surface area contributed by atoms with Gasteiger partial charge in [0.15, 0.2) is 0 Å². The zero-order valence-corrected chi connectivity index (χ0v) is 12.7. The van der Waals surface area contributed by atoms with Crippen molar-refractivity contribution in [2.75, 3.05) is 6.54 Å². The lowest BCUT2D eigenvalue weighted by Gasteiger charge is -2.35. The van der Waals surface area contributed by atoms with Gasteiger partial charge in [-0.2, -0.15) is 0 Å². The van der Waals surface area contributed by atoms with E-state index in [2.05, 4.69) is 51.2 Å². The molecule has 0 radical (unpaired) electrons. The van der Waals surface area contributed by atoms with Crippen LogP contribution >= 0.6 is 0 Å². The third-order valence-electron chi connectivity index (χ3n) is 4.14. The van der Waals surface area contributed by atoms with E-state index in [4.69, 9.17) is 4.74 Å². The third kappa shape index (κ3) is 3.73. The van der Waals surface area contributed by atoms with Crippen molar-refractivity contribution in [1.82, 2.24) is 5.32 Å². The van der Waals surface area contributed by atoms with Gasteiger partial charge in [-0.15, -0.1) is 0 Å². The highest BCUT2D eigenvalue weighted by atomic mass is 16.5. The first-order valence-corrected chi connectivity index (χ1v) is 7.57. The average Bonchev–Trinajstić information content (AvgIpc) is 2.37. The second kappa shape index (κ2) is 6.42. The van der Waals surface area contributed by atoms with E-state index in [0.717, 1.165) is 24.6 Å². The Kier molecular flexibility index (Phi) is 4.87. The fourth-order valence-corrected chi connectivity index (χ4v) is 2.95. The summed E-state index contributed by atoms with van der Waals surface area (Å²) in [4.78, 5) is 0. The molecular weight excluding hydrogens is 234 g/mol. The maximum absolute atomic E-state index is 6.34. The SMILES string of the molecule is CCNC1CCC(C)CC1Oc1cc(C)ccc1C. The van der Waals surface area contributed by atoms with Gasteiger partial charge in [-0.1, -0.05) is 26.0 Å². The van der Waals surface area contributed by atoms with Crippen LogP contribution in [0.4, 0.5) is 0 Å². The molecule has 3 atom stereocenters. The van der Waals surface area contributed by atoms with Crippen molar-refractivity contribution in [3.05, 3.63) is 29.3 Å². The molecule has 19 heavy (non-hydrogen) atoms. The minimum absolute atomic E-state index is 0.309. The van der Waals surface area contributed by atoms with Crippen LogP contribution in [0.2, 0.25) is 0 Å². The smallest absolute Gasteiger partial charge is 0.122 e. The normalized spacial score (nSPS) is 27.3. The molecule has 1 N–H and O–H groups in total. The van der Waals surface area contributed by atoms with Crippen LogP contribution in [0.3, 0.4) is 0 Å². The van der Waals surface area contributed by atoms with Gasteiger partial charge < -0.3 is 10.1 Å². The summed E-state index contributed by atoms with van der Waals surface area (Å²) in [6, 6.07) is 6.96. The summed E-state index contributed by atoms with van der Waals surface area (Å²) >= 11 is 0. The molecular formula is C17H27NO. The molecule has 1 saturated carbocycles. The third-order valence-corrected chi connectivity index (χ3v) is 4.14. The molecule has 0 spiro atoms. The van der Waals surface area contributed by atoms with Crippen LogP contribution < -0.4 is 10.1 Å². The molecule has 2 heteroatoms. The Balaban J connectivity index is 2.11. The molecule has 0 heterocycles. The molecule has 1 aromatic rings. The minimum atomic E-state index is 0.309. The van der Waals surface area contributed by atoms with E-state index in [1.807, 2.05) is 0 Å². The van der Waals surface area contributed by atoms with Gasteiger partial charge in [0.25, 0.3) is 0 Å². The molecule has 0 aromatic heterocycles. The van der Waals surface area contributed by atoms with E-state index < -0.39 is 0 Å². The van der Waals surface area contributed by atoms with Gasteiger partial charge in [-0.25, -0.2) is 0 Å². The Morgan fingerprint density at radius 3 is 2.79 bits per heavy atom. The van der Waals surface area contributed by atoms with Crippen LogP contribution in [0, 0.1) is 19.8 Å². The van der Waals surface area contributed by atoms with Crippen LogP contribution in [-0.4, -0.2) is 18.7 Å². The fourth-order valence-electron chi connectivity index (χ4n) is 2.95. The fraction of sp³-hybridized carbons (Fsp3) is 0.647. The Hall–Kier alpha value is -1.02. The first kappa shape index (κ1) is 14.4. The topological polar surface area (TPSA) is 21.3 Å². The van der Waals surface area contributed by atoms with Crippen molar-refractivity contribution in [3.8, 4) is 5.75 Å². The van der Waals surface area contributed by atoms with Crippen molar-refractivity contribution in [2.45, 2.75) is 59.1 Å². The predicted molar refractivity (Wildman–Crippen MR) is 80.8 cm³/mol. The molecule has 0 aliphatic heterocycles. The van der Waals surface area contributed by atoms with E-state index in [1.165, 1.54) is 24.0 Å². The highest BCUT2D eigenvalue weighted by Crippen LogP contribution is 2.29. The summed E-state index contributed by atoms with van der Waals surface area (Å²) in [6.07, 6.45) is 4.00. The lowest BCUT2D eigenvalue weighted by Crippen LogP contribution is -2.46. The molecule has 0 saturated heterocycles. The number of benzene rings is 1. The molecule has 1 aromatic carbocycles. The number of aryl methyl sites for hydroxylation is 2. The highest BCUT2D eigenvalue weighted by Gasteiger charge is 2.29. The zero-order chi connectivity index (χ0) is 13.8. The molecule has 3 unspecified atom stereocenters. The van der Waals surface area contributed by atoms with E-state index >= 15 is 0 Å². The van der Waals surface area contributed by atoms with Gasteiger partial charge in [-0.05, 0) is 62.8 Å². The second-order valence-electron chi connectivity index (χ2n) is 6.01. The van der Waals surface area contributed by atoms with Crippen molar-refractivity contribution in [1.29, 1.82) is 0 Å². The van der Waals surface area contributed by atoms with Crippen LogP contribution in [0.15, 0.2) is 18.2 Å². The van der Waals surface area contributed by atoms with Crippen LogP contribution in [-0.2, 0) is 0 Å². The number of rotatable bonds is 4. The Morgan fingerprint density at radius 2 is 2.05 bits per heavy atom. The van der Waals surface area contributed by atoms with Gasteiger partial charge in [0.2, 0.25) is 0 Å². The first-order chi connectivity index (χ1) is 9.10. The lowest BCUT2D eigenvalue weighted by molar-refractivity contribution is 0.0909. The molecule has 0 bridgehead atoms. The summed E-state index contributed by atoms with van der Waals surface area (Å²) in [6.45, 7) is 9.78.